The van der Waals surface area contributed by atoms with E-state index in [9.17, 15) is 24.4 Å². The molecule has 1 aromatic carbocycles. The van der Waals surface area contributed by atoms with E-state index in [1.54, 1.807) is 6.07 Å². The normalized spacial score (nSPS) is 12.0. The summed E-state index contributed by atoms with van der Waals surface area (Å²) in [5.41, 5.74) is 0.438. The summed E-state index contributed by atoms with van der Waals surface area (Å²) in [4.78, 5) is 22.3. The maximum absolute atomic E-state index is 13.5. The van der Waals surface area contributed by atoms with Gasteiger partial charge in [-0.3, -0.25) is 19.6 Å². The standard InChI is InChI=1S/C15H17FN4O4/c1-9-15(20(23)24)10(2)19(18-9)8-14(22)17-7-13(21)11-5-3-4-6-12(11)16/h3-6,13,21H,7-8H2,1-2H3,(H,17,22). The number of rotatable bonds is 6. The zero-order valence-corrected chi connectivity index (χ0v) is 13.2. The molecule has 24 heavy (non-hydrogen) atoms. The molecule has 0 aliphatic carbocycles. The SMILES string of the molecule is Cc1nn(CC(=O)NCC(O)c2ccccc2F)c(C)c1[N+](=O)[O-]. The average molecular weight is 336 g/mol. The highest BCUT2D eigenvalue weighted by Gasteiger charge is 2.23. The fraction of sp³-hybridized carbons (Fsp3) is 0.333. The number of hydrogen-bond donors (Lipinski definition) is 2. The number of aromatic nitrogens is 2. The van der Waals surface area contributed by atoms with Crippen LogP contribution in [0, 0.1) is 29.8 Å². The number of halogens is 1. The van der Waals surface area contributed by atoms with Crippen molar-refractivity contribution in [2.75, 3.05) is 6.54 Å². The Balaban J connectivity index is 1.98. The predicted octanol–water partition coefficient (Wildman–Crippen LogP) is 1.40. The second kappa shape index (κ2) is 7.18. The Morgan fingerprint density at radius 3 is 2.71 bits per heavy atom. The van der Waals surface area contributed by atoms with Crippen molar-refractivity contribution in [1.29, 1.82) is 0 Å². The number of benzene rings is 1. The number of aliphatic hydroxyl groups excluding tert-OH is 1. The van der Waals surface area contributed by atoms with Crippen molar-refractivity contribution in [3.8, 4) is 0 Å². The molecule has 1 unspecified atom stereocenters. The van der Waals surface area contributed by atoms with Gasteiger partial charge < -0.3 is 10.4 Å². The van der Waals surface area contributed by atoms with Crippen molar-refractivity contribution in [2.45, 2.75) is 26.5 Å². The molecule has 1 amide bonds. The summed E-state index contributed by atoms with van der Waals surface area (Å²) < 4.78 is 14.8. The van der Waals surface area contributed by atoms with Crippen LogP contribution in [-0.4, -0.2) is 32.3 Å². The summed E-state index contributed by atoms with van der Waals surface area (Å²) in [7, 11) is 0. The second-order valence-electron chi connectivity index (χ2n) is 5.28. The molecule has 0 bridgehead atoms. The zero-order valence-electron chi connectivity index (χ0n) is 13.2. The first-order valence-corrected chi connectivity index (χ1v) is 7.18. The number of carbonyl (C=O) groups is 1. The van der Waals surface area contributed by atoms with Gasteiger partial charge >= 0.3 is 5.69 Å². The summed E-state index contributed by atoms with van der Waals surface area (Å²) in [6, 6.07) is 5.73. The minimum atomic E-state index is -1.19. The van der Waals surface area contributed by atoms with E-state index in [2.05, 4.69) is 10.4 Å². The first kappa shape index (κ1) is 17.5. The van der Waals surface area contributed by atoms with Crippen LogP contribution >= 0.6 is 0 Å². The molecule has 1 heterocycles. The number of aryl methyl sites for hydroxylation is 1. The molecule has 1 atom stereocenters. The van der Waals surface area contributed by atoms with Gasteiger partial charge in [-0.05, 0) is 19.9 Å². The molecule has 2 aromatic rings. The number of nitrogens with zero attached hydrogens (tertiary/aromatic N) is 3. The highest BCUT2D eigenvalue weighted by Crippen LogP contribution is 2.21. The second-order valence-corrected chi connectivity index (χ2v) is 5.28. The van der Waals surface area contributed by atoms with E-state index in [4.69, 9.17) is 0 Å². The van der Waals surface area contributed by atoms with Gasteiger partial charge in [-0.2, -0.15) is 5.10 Å². The van der Waals surface area contributed by atoms with E-state index < -0.39 is 22.8 Å². The summed E-state index contributed by atoms with van der Waals surface area (Å²) in [5, 5.41) is 27.3. The highest BCUT2D eigenvalue weighted by molar-refractivity contribution is 5.75. The Kier molecular flexibility index (Phi) is 5.24. The van der Waals surface area contributed by atoms with Crippen molar-refractivity contribution in [3.63, 3.8) is 0 Å². The van der Waals surface area contributed by atoms with Crippen LogP contribution in [0.2, 0.25) is 0 Å². The lowest BCUT2D eigenvalue weighted by molar-refractivity contribution is -0.386. The third kappa shape index (κ3) is 3.74. The average Bonchev–Trinajstić information content (AvgIpc) is 2.79. The molecule has 0 aliphatic heterocycles. The highest BCUT2D eigenvalue weighted by atomic mass is 19.1. The van der Waals surface area contributed by atoms with Crippen molar-refractivity contribution >= 4 is 11.6 Å². The first-order chi connectivity index (χ1) is 11.3. The Bertz CT molecular complexity index is 775. The van der Waals surface area contributed by atoms with Gasteiger partial charge in [0.15, 0.2) is 0 Å². The van der Waals surface area contributed by atoms with Gasteiger partial charge in [0.25, 0.3) is 0 Å². The summed E-state index contributed by atoms with van der Waals surface area (Å²) in [6.07, 6.45) is -1.19. The quantitative estimate of drug-likeness (QED) is 0.612. The maximum atomic E-state index is 13.5. The van der Waals surface area contributed by atoms with E-state index in [1.807, 2.05) is 0 Å². The fourth-order valence-electron chi connectivity index (χ4n) is 2.36. The monoisotopic (exact) mass is 336 g/mol. The van der Waals surface area contributed by atoms with Crippen LogP contribution in [0.3, 0.4) is 0 Å². The molecule has 2 N–H and O–H groups in total. The Morgan fingerprint density at radius 2 is 2.12 bits per heavy atom. The Labute approximate surface area is 137 Å². The third-order valence-electron chi connectivity index (χ3n) is 3.58. The molecular formula is C15H17FN4O4. The van der Waals surface area contributed by atoms with Crippen LogP contribution in [0.4, 0.5) is 10.1 Å². The van der Waals surface area contributed by atoms with E-state index in [0.29, 0.717) is 0 Å². The van der Waals surface area contributed by atoms with E-state index >= 15 is 0 Å². The molecule has 1 aromatic heterocycles. The lowest BCUT2D eigenvalue weighted by atomic mass is 10.1. The van der Waals surface area contributed by atoms with Crippen LogP contribution in [0.25, 0.3) is 0 Å². The van der Waals surface area contributed by atoms with Crippen molar-refractivity contribution < 1.29 is 19.2 Å². The molecule has 2 rings (SSSR count). The number of carbonyl (C=O) groups excluding carboxylic acids is 1. The van der Waals surface area contributed by atoms with Crippen LogP contribution < -0.4 is 5.32 Å². The van der Waals surface area contributed by atoms with E-state index in [1.165, 1.54) is 36.7 Å². The summed E-state index contributed by atoms with van der Waals surface area (Å²) in [5.74, 6) is -1.06. The molecule has 9 heteroatoms. The summed E-state index contributed by atoms with van der Waals surface area (Å²) >= 11 is 0. The molecule has 0 spiro atoms. The van der Waals surface area contributed by atoms with Crippen molar-refractivity contribution in [2.24, 2.45) is 0 Å². The molecular weight excluding hydrogens is 319 g/mol. The number of hydrogen-bond acceptors (Lipinski definition) is 5. The van der Waals surface area contributed by atoms with Gasteiger partial charge in [0.05, 0.1) is 11.0 Å². The lowest BCUT2D eigenvalue weighted by Gasteiger charge is -2.13. The number of aliphatic hydroxyl groups is 1. The van der Waals surface area contributed by atoms with Gasteiger partial charge in [-0.1, -0.05) is 18.2 Å². The molecule has 0 radical (unpaired) electrons. The largest absolute Gasteiger partial charge is 0.386 e. The molecule has 0 saturated heterocycles. The molecule has 128 valence electrons. The predicted molar refractivity (Wildman–Crippen MR) is 82.7 cm³/mol. The van der Waals surface area contributed by atoms with Gasteiger partial charge in [0, 0.05) is 12.1 Å². The Hall–Kier alpha value is -2.81. The van der Waals surface area contributed by atoms with Gasteiger partial charge in [0.2, 0.25) is 5.91 Å². The molecule has 8 nitrogen and oxygen atoms in total. The smallest absolute Gasteiger partial charge is 0.312 e. The van der Waals surface area contributed by atoms with Crippen molar-refractivity contribution in [3.05, 3.63) is 57.1 Å². The van der Waals surface area contributed by atoms with Crippen LogP contribution in [0.1, 0.15) is 23.1 Å². The van der Waals surface area contributed by atoms with Crippen LogP contribution in [0.15, 0.2) is 24.3 Å². The van der Waals surface area contributed by atoms with Crippen LogP contribution in [-0.2, 0) is 11.3 Å². The van der Waals surface area contributed by atoms with E-state index in [-0.39, 0.29) is 35.7 Å². The minimum Gasteiger partial charge on any atom is -0.386 e. The molecule has 0 saturated carbocycles. The Morgan fingerprint density at radius 1 is 1.46 bits per heavy atom. The maximum Gasteiger partial charge on any atom is 0.312 e. The number of nitrogens with one attached hydrogen (secondary N) is 1. The number of amides is 1. The minimum absolute atomic E-state index is 0.0829. The van der Waals surface area contributed by atoms with Gasteiger partial charge in [-0.25, -0.2) is 4.39 Å². The first-order valence-electron chi connectivity index (χ1n) is 7.18. The topological polar surface area (TPSA) is 110 Å². The van der Waals surface area contributed by atoms with Crippen molar-refractivity contribution in [1.82, 2.24) is 15.1 Å². The van der Waals surface area contributed by atoms with Gasteiger partial charge in [-0.15, -0.1) is 0 Å². The number of nitro groups is 1. The third-order valence-corrected chi connectivity index (χ3v) is 3.58. The van der Waals surface area contributed by atoms with Crippen LogP contribution in [0.5, 0.6) is 0 Å². The zero-order chi connectivity index (χ0) is 17.9. The summed E-state index contributed by atoms with van der Waals surface area (Å²) in [6.45, 7) is 2.58. The molecule has 0 aliphatic rings. The van der Waals surface area contributed by atoms with Gasteiger partial charge in [0.1, 0.15) is 23.7 Å². The lowest BCUT2D eigenvalue weighted by Crippen LogP contribution is -2.32. The fourth-order valence-corrected chi connectivity index (χ4v) is 2.36. The molecule has 0 fully saturated rings. The van der Waals surface area contributed by atoms with E-state index in [0.717, 1.165) is 0 Å².